The van der Waals surface area contributed by atoms with Crippen LogP contribution in [0.5, 0.6) is 11.5 Å². The summed E-state index contributed by atoms with van der Waals surface area (Å²) in [6, 6.07) is 10.1. The molecule has 2 aromatic carbocycles. The van der Waals surface area contributed by atoms with Gasteiger partial charge in [0.15, 0.2) is 0 Å². The number of nitrogens with one attached hydrogen (secondary N) is 2. The first kappa shape index (κ1) is 25.8. The molecular formula is C26H34N2O5S. The van der Waals surface area contributed by atoms with Crippen LogP contribution in [0.3, 0.4) is 0 Å². The van der Waals surface area contributed by atoms with Gasteiger partial charge in [0, 0.05) is 22.9 Å². The molecule has 0 aliphatic carbocycles. The van der Waals surface area contributed by atoms with E-state index in [1.54, 1.807) is 12.1 Å². The number of anilines is 1. The monoisotopic (exact) mass is 486 g/mol. The summed E-state index contributed by atoms with van der Waals surface area (Å²) in [6.45, 7) is 13.6. The molecule has 0 unspecified atom stereocenters. The Kier molecular flexibility index (Phi) is 7.15. The summed E-state index contributed by atoms with van der Waals surface area (Å²) in [5, 5.41) is 2.80. The van der Waals surface area contributed by atoms with Crippen LogP contribution in [-0.4, -0.2) is 34.6 Å². The number of carbonyl (C=O) groups is 1. The lowest BCUT2D eigenvalue weighted by Crippen LogP contribution is -2.18. The molecule has 8 heteroatoms. The lowest BCUT2D eigenvalue weighted by atomic mass is 9.98. The zero-order valence-electron chi connectivity index (χ0n) is 20.9. The molecule has 184 valence electrons. The summed E-state index contributed by atoms with van der Waals surface area (Å²) in [5.41, 5.74) is 2.13. The maximum Gasteiger partial charge on any atom is 0.256 e. The van der Waals surface area contributed by atoms with E-state index in [9.17, 15) is 13.2 Å². The van der Waals surface area contributed by atoms with E-state index in [1.165, 1.54) is 19.2 Å². The Morgan fingerprint density at radius 3 is 1.97 bits per heavy atom. The minimum Gasteiger partial charge on any atom is -0.493 e. The summed E-state index contributed by atoms with van der Waals surface area (Å²) in [4.78, 5) is 12.8. The number of benzene rings is 2. The Morgan fingerprint density at radius 1 is 0.912 bits per heavy atom. The zero-order valence-corrected chi connectivity index (χ0v) is 21.7. The smallest absolute Gasteiger partial charge is 0.256 e. The third kappa shape index (κ3) is 6.61. The van der Waals surface area contributed by atoms with Gasteiger partial charge in [-0.1, -0.05) is 41.5 Å². The minimum absolute atomic E-state index is 0.0274. The van der Waals surface area contributed by atoms with Crippen molar-refractivity contribution in [1.82, 2.24) is 4.72 Å². The van der Waals surface area contributed by atoms with Crippen molar-refractivity contribution < 1.29 is 22.7 Å². The fraction of sp³-hybridized carbons (Fsp3) is 0.423. The average Bonchev–Trinajstić information content (AvgIpc) is 3.04. The normalized spacial score (nSPS) is 15.3. The molecule has 34 heavy (non-hydrogen) atoms. The predicted octanol–water partition coefficient (Wildman–Crippen LogP) is 4.94. The van der Waals surface area contributed by atoms with Crippen LogP contribution in [0.25, 0.3) is 11.6 Å². The Morgan fingerprint density at radius 2 is 1.47 bits per heavy atom. The van der Waals surface area contributed by atoms with Crippen LogP contribution < -0.4 is 19.5 Å². The first-order valence-corrected chi connectivity index (χ1v) is 12.7. The van der Waals surface area contributed by atoms with Gasteiger partial charge in [-0.3, -0.25) is 4.79 Å². The molecule has 0 saturated heterocycles. The van der Waals surface area contributed by atoms with E-state index in [0.29, 0.717) is 41.5 Å². The van der Waals surface area contributed by atoms with Crippen molar-refractivity contribution in [3.05, 3.63) is 47.5 Å². The van der Waals surface area contributed by atoms with Crippen molar-refractivity contribution in [2.24, 2.45) is 10.8 Å². The third-order valence-corrected chi connectivity index (χ3v) is 6.32. The number of amides is 1. The Bertz CT molecular complexity index is 1180. The highest BCUT2D eigenvalue weighted by molar-refractivity contribution is 7.89. The van der Waals surface area contributed by atoms with Gasteiger partial charge in [-0.15, -0.1) is 0 Å². The van der Waals surface area contributed by atoms with E-state index in [2.05, 4.69) is 51.6 Å². The van der Waals surface area contributed by atoms with Crippen molar-refractivity contribution in [2.75, 3.05) is 25.6 Å². The Labute approximate surface area is 202 Å². The van der Waals surface area contributed by atoms with Crippen molar-refractivity contribution in [3.63, 3.8) is 0 Å². The maximum absolute atomic E-state index is 12.7. The first-order valence-electron chi connectivity index (χ1n) is 11.2. The molecule has 1 amide bonds. The standard InChI is InChI=1S/C26H34N2O5S/c1-25(2,3)15-32-18-10-17(11-19(13-18)33-16-26(4,5)6)12-22-21-14-20(34(30,31)27-7)8-9-23(21)28-24(22)29/h8-14,27H,15-16H2,1-7H3,(H,28,29). The maximum atomic E-state index is 12.7. The Balaban J connectivity index is 2.04. The fourth-order valence-corrected chi connectivity index (χ4v) is 3.96. The van der Waals surface area contributed by atoms with E-state index in [-0.39, 0.29) is 21.6 Å². The van der Waals surface area contributed by atoms with Crippen molar-refractivity contribution in [2.45, 2.75) is 46.4 Å². The van der Waals surface area contributed by atoms with E-state index in [4.69, 9.17) is 9.47 Å². The van der Waals surface area contributed by atoms with Gasteiger partial charge in [-0.25, -0.2) is 13.1 Å². The second-order valence-corrected chi connectivity index (χ2v) is 12.8. The zero-order chi connectivity index (χ0) is 25.3. The molecule has 1 heterocycles. The highest BCUT2D eigenvalue weighted by atomic mass is 32.2. The van der Waals surface area contributed by atoms with Crippen LogP contribution in [0.15, 0.2) is 41.3 Å². The van der Waals surface area contributed by atoms with E-state index in [1.807, 2.05) is 18.2 Å². The van der Waals surface area contributed by atoms with Gasteiger partial charge in [0.1, 0.15) is 11.5 Å². The molecule has 0 aromatic heterocycles. The van der Waals surface area contributed by atoms with Crippen molar-refractivity contribution in [3.8, 4) is 11.5 Å². The van der Waals surface area contributed by atoms with Crippen molar-refractivity contribution >= 4 is 33.3 Å². The molecule has 7 nitrogen and oxygen atoms in total. The second-order valence-electron chi connectivity index (χ2n) is 10.9. The number of hydrogen-bond acceptors (Lipinski definition) is 5. The highest BCUT2D eigenvalue weighted by Crippen LogP contribution is 2.36. The summed E-state index contributed by atoms with van der Waals surface area (Å²) < 4.78 is 38.9. The molecule has 3 rings (SSSR count). The lowest BCUT2D eigenvalue weighted by molar-refractivity contribution is -0.110. The van der Waals surface area contributed by atoms with E-state index in [0.717, 1.165) is 5.56 Å². The van der Waals surface area contributed by atoms with Gasteiger partial charge < -0.3 is 14.8 Å². The van der Waals surface area contributed by atoms with E-state index < -0.39 is 10.0 Å². The van der Waals surface area contributed by atoms with Crippen LogP contribution >= 0.6 is 0 Å². The fourth-order valence-electron chi connectivity index (χ4n) is 3.21. The van der Waals surface area contributed by atoms with Gasteiger partial charge in [0.05, 0.1) is 18.1 Å². The molecule has 0 atom stereocenters. The molecule has 2 N–H and O–H groups in total. The number of fused-ring (bicyclic) bond motifs is 1. The van der Waals surface area contributed by atoms with Crippen LogP contribution in [-0.2, 0) is 14.8 Å². The summed E-state index contributed by atoms with van der Waals surface area (Å²) in [5.74, 6) is 0.976. The number of carbonyl (C=O) groups excluding carboxylic acids is 1. The van der Waals surface area contributed by atoms with Gasteiger partial charge in [0.2, 0.25) is 10.0 Å². The highest BCUT2D eigenvalue weighted by Gasteiger charge is 2.26. The molecule has 2 aromatic rings. The molecule has 1 aliphatic heterocycles. The summed E-state index contributed by atoms with van der Waals surface area (Å²) in [6.07, 6.45) is 1.73. The van der Waals surface area contributed by atoms with Crippen LogP contribution in [0.4, 0.5) is 5.69 Å². The summed E-state index contributed by atoms with van der Waals surface area (Å²) in [7, 11) is -2.29. The van der Waals surface area contributed by atoms with Crippen LogP contribution in [0.2, 0.25) is 0 Å². The SMILES string of the molecule is CNS(=O)(=O)c1ccc2c(c1)C(=Cc1cc(OCC(C)(C)C)cc(OCC(C)(C)C)c1)C(=O)N2. The minimum atomic E-state index is -3.65. The quantitative estimate of drug-likeness (QED) is 0.541. The molecular weight excluding hydrogens is 452 g/mol. The molecule has 0 bridgehead atoms. The van der Waals surface area contributed by atoms with Crippen molar-refractivity contribution in [1.29, 1.82) is 0 Å². The van der Waals surface area contributed by atoms with Crippen LogP contribution in [0, 0.1) is 10.8 Å². The molecule has 0 spiro atoms. The van der Waals surface area contributed by atoms with E-state index >= 15 is 0 Å². The molecule has 0 saturated carbocycles. The van der Waals surface area contributed by atoms with Gasteiger partial charge in [0.25, 0.3) is 5.91 Å². The third-order valence-electron chi connectivity index (χ3n) is 4.91. The Hall–Kier alpha value is -2.84. The molecule has 1 aliphatic rings. The summed E-state index contributed by atoms with van der Waals surface area (Å²) >= 11 is 0. The van der Waals surface area contributed by atoms with Gasteiger partial charge >= 0.3 is 0 Å². The van der Waals surface area contributed by atoms with Gasteiger partial charge in [-0.2, -0.15) is 0 Å². The number of rotatable bonds is 7. The second kappa shape index (κ2) is 9.43. The predicted molar refractivity (Wildman–Crippen MR) is 136 cm³/mol. The number of sulfonamides is 1. The average molecular weight is 487 g/mol. The largest absolute Gasteiger partial charge is 0.493 e. The van der Waals surface area contributed by atoms with Gasteiger partial charge in [-0.05, 0) is 59.8 Å². The topological polar surface area (TPSA) is 93.7 Å². The first-order chi connectivity index (χ1) is 15.7. The van der Waals surface area contributed by atoms with Crippen LogP contribution in [0.1, 0.15) is 52.7 Å². The molecule has 0 radical (unpaired) electrons. The lowest BCUT2D eigenvalue weighted by Gasteiger charge is -2.21. The number of hydrogen-bond donors (Lipinski definition) is 2. The molecule has 0 fully saturated rings. The number of ether oxygens (including phenoxy) is 2.